The zero-order valence-corrected chi connectivity index (χ0v) is 14.6. The fourth-order valence-corrected chi connectivity index (χ4v) is 3.61. The van der Waals surface area contributed by atoms with Crippen LogP contribution in [-0.4, -0.2) is 54.9 Å². The lowest BCUT2D eigenvalue weighted by atomic mass is 9.87. The minimum absolute atomic E-state index is 0.0614. The normalized spacial score (nSPS) is 17.0. The molecule has 1 aliphatic rings. The maximum atomic E-state index is 12.6. The predicted molar refractivity (Wildman–Crippen MR) is 89.9 cm³/mol. The van der Waals surface area contributed by atoms with Crippen LogP contribution in [0.25, 0.3) is 17.0 Å². The molecule has 4 heterocycles. The van der Waals surface area contributed by atoms with Crippen molar-refractivity contribution in [3.05, 3.63) is 36.0 Å². The van der Waals surface area contributed by atoms with Gasteiger partial charge in [-0.05, 0) is 0 Å². The van der Waals surface area contributed by atoms with Crippen molar-refractivity contribution in [2.75, 3.05) is 19.6 Å². The number of imidazole rings is 1. The molecule has 0 bridgehead atoms. The number of likely N-dealkylation sites (tertiary alicyclic amines) is 1. The molecule has 7 nitrogen and oxygen atoms in total. The molecular formula is C16H13ClF3N7. The number of hydrogen-bond acceptors (Lipinski definition) is 5. The highest BCUT2D eigenvalue weighted by Gasteiger charge is 2.48. The summed E-state index contributed by atoms with van der Waals surface area (Å²) in [6, 6.07) is 3.67. The van der Waals surface area contributed by atoms with E-state index in [1.807, 2.05) is 0 Å². The van der Waals surface area contributed by atoms with Crippen molar-refractivity contribution in [1.82, 2.24) is 29.0 Å². The molecule has 11 heteroatoms. The monoisotopic (exact) mass is 395 g/mol. The summed E-state index contributed by atoms with van der Waals surface area (Å²) in [7, 11) is 0. The second-order valence-corrected chi connectivity index (χ2v) is 6.94. The van der Waals surface area contributed by atoms with Gasteiger partial charge in [0.2, 0.25) is 0 Å². The van der Waals surface area contributed by atoms with Crippen molar-refractivity contribution in [2.45, 2.75) is 18.1 Å². The Bertz CT molecular complexity index is 1030. The van der Waals surface area contributed by atoms with Crippen molar-refractivity contribution >= 4 is 17.2 Å². The molecule has 3 aromatic heterocycles. The Balaban J connectivity index is 1.65. The van der Waals surface area contributed by atoms with Gasteiger partial charge < -0.3 is 0 Å². The molecule has 0 aliphatic carbocycles. The van der Waals surface area contributed by atoms with Crippen LogP contribution in [0.2, 0.25) is 5.15 Å². The van der Waals surface area contributed by atoms with Gasteiger partial charge in [0.25, 0.3) is 0 Å². The molecule has 140 valence electrons. The third-order valence-electron chi connectivity index (χ3n) is 4.53. The molecule has 3 aromatic rings. The van der Waals surface area contributed by atoms with Gasteiger partial charge in [-0.2, -0.15) is 23.5 Å². The number of nitrogens with zero attached hydrogens (tertiary/aromatic N) is 7. The Morgan fingerprint density at radius 3 is 2.81 bits per heavy atom. The minimum atomic E-state index is -4.27. The summed E-state index contributed by atoms with van der Waals surface area (Å²) in [5.41, 5.74) is 0.460. The zero-order chi connectivity index (χ0) is 19.2. The lowest BCUT2D eigenvalue weighted by Gasteiger charge is -2.49. The number of halogens is 4. The van der Waals surface area contributed by atoms with Crippen LogP contribution in [0.1, 0.15) is 6.42 Å². The number of nitriles is 1. The Hall–Kier alpha value is -2.64. The van der Waals surface area contributed by atoms with E-state index in [9.17, 15) is 13.2 Å². The van der Waals surface area contributed by atoms with E-state index in [4.69, 9.17) is 16.9 Å². The third kappa shape index (κ3) is 3.24. The Labute approximate surface area is 156 Å². The molecule has 1 saturated heterocycles. The summed E-state index contributed by atoms with van der Waals surface area (Å²) in [5.74, 6) is 0.514. The van der Waals surface area contributed by atoms with Gasteiger partial charge in [0.1, 0.15) is 16.3 Å². The molecule has 0 spiro atoms. The van der Waals surface area contributed by atoms with Gasteiger partial charge in [0.15, 0.2) is 5.82 Å². The van der Waals surface area contributed by atoms with E-state index in [1.54, 1.807) is 39.9 Å². The van der Waals surface area contributed by atoms with E-state index in [-0.39, 0.29) is 24.7 Å². The second kappa shape index (κ2) is 6.21. The van der Waals surface area contributed by atoms with E-state index < -0.39 is 18.3 Å². The van der Waals surface area contributed by atoms with E-state index in [0.717, 1.165) is 0 Å². The number of alkyl halides is 3. The van der Waals surface area contributed by atoms with Gasteiger partial charge in [0.05, 0.1) is 30.8 Å². The molecule has 0 radical (unpaired) electrons. The Morgan fingerprint density at radius 2 is 2.11 bits per heavy atom. The van der Waals surface area contributed by atoms with E-state index in [1.165, 1.54) is 4.90 Å². The van der Waals surface area contributed by atoms with E-state index >= 15 is 0 Å². The first kappa shape index (κ1) is 17.8. The summed E-state index contributed by atoms with van der Waals surface area (Å²) in [6.07, 6.45) is 2.37. The number of rotatable bonds is 4. The summed E-state index contributed by atoms with van der Waals surface area (Å²) in [6.45, 7) is -0.797. The molecule has 4 rings (SSSR count). The molecule has 0 N–H and O–H groups in total. The molecule has 1 aliphatic heterocycles. The van der Waals surface area contributed by atoms with Crippen molar-refractivity contribution in [3.63, 3.8) is 0 Å². The van der Waals surface area contributed by atoms with Gasteiger partial charge in [0, 0.05) is 37.7 Å². The van der Waals surface area contributed by atoms with Crippen LogP contribution in [0.3, 0.4) is 0 Å². The highest BCUT2D eigenvalue weighted by Crippen LogP contribution is 2.35. The summed E-state index contributed by atoms with van der Waals surface area (Å²) in [5, 5.41) is 13.7. The quantitative estimate of drug-likeness (QED) is 0.635. The average Bonchev–Trinajstić information content (AvgIpc) is 3.19. The Kier molecular flexibility index (Phi) is 4.09. The van der Waals surface area contributed by atoms with Crippen LogP contribution in [0.15, 0.2) is 30.9 Å². The SMILES string of the molecule is N#CCC1(n2cc(-c3nc(Cl)cc4nccn34)cn2)CN(CC(F)(F)F)C1. The second-order valence-electron chi connectivity index (χ2n) is 6.55. The first-order valence-corrected chi connectivity index (χ1v) is 8.39. The van der Waals surface area contributed by atoms with Crippen LogP contribution < -0.4 is 0 Å². The molecule has 0 atom stereocenters. The fourth-order valence-electron chi connectivity index (χ4n) is 3.43. The number of fused-ring (bicyclic) bond motifs is 1. The minimum Gasteiger partial charge on any atom is -0.290 e. The number of hydrogen-bond donors (Lipinski definition) is 0. The van der Waals surface area contributed by atoms with Crippen LogP contribution in [0, 0.1) is 11.3 Å². The number of aromatic nitrogens is 5. The first-order valence-electron chi connectivity index (χ1n) is 8.01. The van der Waals surface area contributed by atoms with Crippen LogP contribution in [-0.2, 0) is 5.54 Å². The molecule has 27 heavy (non-hydrogen) atoms. The highest BCUT2D eigenvalue weighted by atomic mass is 35.5. The topological polar surface area (TPSA) is 75.0 Å². The lowest BCUT2D eigenvalue weighted by Crippen LogP contribution is -2.64. The standard InChI is InChI=1S/C16H13ClF3N7/c17-12-5-13-22-3-4-26(13)14(24-12)11-6-23-27(7-11)15(1-2-21)8-25(9-15)10-16(18,19)20/h3-7H,1,8-10H2. The van der Waals surface area contributed by atoms with Gasteiger partial charge in [-0.15, -0.1) is 0 Å². The highest BCUT2D eigenvalue weighted by molar-refractivity contribution is 6.29. The Morgan fingerprint density at radius 1 is 1.33 bits per heavy atom. The van der Waals surface area contributed by atoms with Gasteiger partial charge >= 0.3 is 6.18 Å². The van der Waals surface area contributed by atoms with Crippen molar-refractivity contribution < 1.29 is 13.2 Å². The predicted octanol–water partition coefficient (Wildman–Crippen LogP) is 2.73. The van der Waals surface area contributed by atoms with Crippen LogP contribution in [0.4, 0.5) is 13.2 Å². The van der Waals surface area contributed by atoms with Gasteiger partial charge in [-0.25, -0.2) is 9.97 Å². The maximum Gasteiger partial charge on any atom is 0.401 e. The molecule has 1 fully saturated rings. The smallest absolute Gasteiger partial charge is 0.290 e. The average molecular weight is 396 g/mol. The maximum absolute atomic E-state index is 12.6. The largest absolute Gasteiger partial charge is 0.401 e. The first-order chi connectivity index (χ1) is 12.8. The third-order valence-corrected chi connectivity index (χ3v) is 4.73. The fraction of sp³-hybridized carbons (Fsp3) is 0.375. The molecule has 0 saturated carbocycles. The van der Waals surface area contributed by atoms with Crippen molar-refractivity contribution in [2.24, 2.45) is 0 Å². The lowest BCUT2D eigenvalue weighted by molar-refractivity contribution is -0.167. The summed E-state index contributed by atoms with van der Waals surface area (Å²) in [4.78, 5) is 9.73. The molecule has 0 unspecified atom stereocenters. The summed E-state index contributed by atoms with van der Waals surface area (Å²) >= 11 is 6.05. The van der Waals surface area contributed by atoms with E-state index in [0.29, 0.717) is 17.0 Å². The zero-order valence-electron chi connectivity index (χ0n) is 13.9. The van der Waals surface area contributed by atoms with Crippen molar-refractivity contribution in [1.29, 1.82) is 5.26 Å². The van der Waals surface area contributed by atoms with Crippen LogP contribution >= 0.6 is 11.6 Å². The molecule has 0 aromatic carbocycles. The van der Waals surface area contributed by atoms with E-state index in [2.05, 4.69) is 21.1 Å². The molecular weight excluding hydrogens is 383 g/mol. The summed E-state index contributed by atoms with van der Waals surface area (Å²) < 4.78 is 41.1. The van der Waals surface area contributed by atoms with Gasteiger partial charge in [-0.3, -0.25) is 14.0 Å². The van der Waals surface area contributed by atoms with Gasteiger partial charge in [-0.1, -0.05) is 11.6 Å². The molecule has 0 amide bonds. The van der Waals surface area contributed by atoms with Crippen LogP contribution in [0.5, 0.6) is 0 Å². The van der Waals surface area contributed by atoms with Crippen molar-refractivity contribution in [3.8, 4) is 17.5 Å².